The zero-order chi connectivity index (χ0) is 29.2. The van der Waals surface area contributed by atoms with Crippen molar-refractivity contribution >= 4 is 31.0 Å². The van der Waals surface area contributed by atoms with E-state index in [0.29, 0.717) is 4.68 Å². The minimum absolute atomic E-state index is 0.0610. The first-order chi connectivity index (χ1) is 18.1. The molecule has 3 rings (SSSR count). The number of carbonyl (C=O) groups is 1. The lowest BCUT2D eigenvalue weighted by atomic mass is 10.00. The number of terminal acetylenes is 1. The second kappa shape index (κ2) is 11.6. The Morgan fingerprint density at radius 1 is 1.43 bits per heavy atom. The number of nitrogens with two attached hydrogens (primary N) is 1. The van der Waals surface area contributed by atoms with Crippen LogP contribution in [0.1, 0.15) is 29.7 Å². The standard InChI is InChI=1S/C23H28ClN4O8P/c1-5-23(24)19(29)17(35-21(23)28-22(31)27-18(25)11-26-28)12-33-37(32,36-16-9-7-6-8-10-16)13-15(4)20(30)34-14(2)3/h1,6-11,14-15,17,19,21,29H,12-13H2,2-4H3,(H2,25,27,31)/t15-,17-,19+,21-,23?,37+/m1/s1/i12D2. The van der Waals surface area contributed by atoms with Crippen LogP contribution in [0.2, 0.25) is 0 Å². The second-order valence-corrected chi connectivity index (χ2v) is 11.0. The number of esters is 1. The molecule has 1 aliphatic heterocycles. The van der Waals surface area contributed by atoms with Crippen LogP contribution in [-0.2, 0) is 23.4 Å². The van der Waals surface area contributed by atoms with Gasteiger partial charge in [-0.1, -0.05) is 42.6 Å². The quantitative estimate of drug-likeness (QED) is 0.190. The van der Waals surface area contributed by atoms with Gasteiger partial charge in [0.1, 0.15) is 23.8 Å². The minimum Gasteiger partial charge on any atom is -0.463 e. The Balaban J connectivity index is 1.96. The third-order valence-corrected chi connectivity index (χ3v) is 7.46. The highest BCUT2D eigenvalue weighted by Gasteiger charge is 2.57. The number of anilines is 1. The van der Waals surface area contributed by atoms with Gasteiger partial charge in [-0.15, -0.1) is 6.42 Å². The predicted molar refractivity (Wildman–Crippen MR) is 134 cm³/mol. The van der Waals surface area contributed by atoms with E-state index in [0.717, 1.165) is 6.20 Å². The molecule has 1 saturated heterocycles. The van der Waals surface area contributed by atoms with Gasteiger partial charge in [-0.2, -0.15) is 14.8 Å². The van der Waals surface area contributed by atoms with Gasteiger partial charge >= 0.3 is 19.3 Å². The summed E-state index contributed by atoms with van der Waals surface area (Å²) in [6, 6.07) is 7.74. The Bertz CT molecular complexity index is 1340. The lowest BCUT2D eigenvalue weighted by Crippen LogP contribution is -2.44. The van der Waals surface area contributed by atoms with E-state index in [-0.39, 0.29) is 11.6 Å². The molecular weight excluding hydrogens is 527 g/mol. The van der Waals surface area contributed by atoms with Crippen LogP contribution in [0.4, 0.5) is 5.82 Å². The molecule has 0 spiro atoms. The fourth-order valence-corrected chi connectivity index (χ4v) is 5.28. The van der Waals surface area contributed by atoms with E-state index in [1.54, 1.807) is 32.0 Å². The number of ether oxygens (including phenoxy) is 2. The summed E-state index contributed by atoms with van der Waals surface area (Å²) < 4.78 is 53.3. The van der Waals surface area contributed by atoms with E-state index < -0.39 is 67.3 Å². The van der Waals surface area contributed by atoms with Crippen LogP contribution >= 0.6 is 19.2 Å². The lowest BCUT2D eigenvalue weighted by Gasteiger charge is -2.25. The lowest BCUT2D eigenvalue weighted by molar-refractivity contribution is -0.151. The molecule has 14 heteroatoms. The third kappa shape index (κ3) is 6.69. The molecule has 6 atom stereocenters. The van der Waals surface area contributed by atoms with Crippen molar-refractivity contribution in [3.63, 3.8) is 0 Å². The summed E-state index contributed by atoms with van der Waals surface area (Å²) in [5, 5.41) is 14.7. The SMILES string of the molecule is [2H]C([2H])(O[P@@](=O)(C[C@@H](C)C(=O)OC(C)C)Oc1ccccc1)[C@H]1O[C@@H](n2ncc(N)nc2=O)C(Cl)(C#C)[C@H]1O. The first-order valence-electron chi connectivity index (χ1n) is 12.1. The van der Waals surface area contributed by atoms with Gasteiger partial charge in [0.15, 0.2) is 11.1 Å². The Kier molecular flexibility index (Phi) is 8.08. The number of aromatic nitrogens is 3. The molecule has 37 heavy (non-hydrogen) atoms. The maximum atomic E-state index is 13.9. The van der Waals surface area contributed by atoms with Crippen LogP contribution in [0.25, 0.3) is 0 Å². The molecule has 1 aromatic heterocycles. The number of halogens is 1. The maximum Gasteiger partial charge on any atom is 0.380 e. The number of alkyl halides is 1. The average Bonchev–Trinajstić information content (AvgIpc) is 3.10. The van der Waals surface area contributed by atoms with Crippen LogP contribution in [-0.4, -0.2) is 61.7 Å². The van der Waals surface area contributed by atoms with Crippen LogP contribution in [0.15, 0.2) is 41.3 Å². The van der Waals surface area contributed by atoms with E-state index in [9.17, 15) is 19.3 Å². The highest BCUT2D eigenvalue weighted by molar-refractivity contribution is 7.54. The van der Waals surface area contributed by atoms with E-state index in [1.807, 2.05) is 0 Å². The molecule has 12 nitrogen and oxygen atoms in total. The average molecular weight is 557 g/mol. The topological polar surface area (TPSA) is 165 Å². The van der Waals surface area contributed by atoms with Crippen molar-refractivity contribution in [3.05, 3.63) is 47.0 Å². The number of aliphatic hydroxyl groups excluding tert-OH is 1. The predicted octanol–water partition coefficient (Wildman–Crippen LogP) is 1.97. The fourth-order valence-electron chi connectivity index (χ4n) is 3.31. The molecule has 0 bridgehead atoms. The fraction of sp³-hybridized carbons (Fsp3) is 0.478. The Labute approximate surface area is 221 Å². The summed E-state index contributed by atoms with van der Waals surface area (Å²) in [6.45, 7) is 1.59. The summed E-state index contributed by atoms with van der Waals surface area (Å²) >= 11 is 6.44. The Morgan fingerprint density at radius 3 is 2.70 bits per heavy atom. The molecular formula is C23H28ClN4O8P. The summed E-state index contributed by atoms with van der Waals surface area (Å²) in [5.74, 6) is 0.195. The van der Waals surface area contributed by atoms with Gasteiger partial charge in [0.2, 0.25) is 0 Å². The summed E-state index contributed by atoms with van der Waals surface area (Å²) in [7, 11) is -4.53. The number of carbonyl (C=O) groups excluding carboxylic acids is 1. The van der Waals surface area contributed by atoms with Crippen molar-refractivity contribution < 1.29 is 35.7 Å². The number of nitrogens with zero attached hydrogens (tertiary/aromatic N) is 3. The van der Waals surface area contributed by atoms with E-state index in [4.69, 9.17) is 45.0 Å². The normalized spacial score (nSPS) is 26.9. The van der Waals surface area contributed by atoms with Gasteiger partial charge < -0.3 is 24.8 Å². The molecule has 2 aromatic rings. The smallest absolute Gasteiger partial charge is 0.380 e. The summed E-state index contributed by atoms with van der Waals surface area (Å²) in [5.41, 5.74) is 4.43. The molecule has 0 amide bonds. The first-order valence-corrected chi connectivity index (χ1v) is 13.2. The van der Waals surface area contributed by atoms with Crippen molar-refractivity contribution in [2.45, 2.75) is 50.2 Å². The van der Waals surface area contributed by atoms with Crippen LogP contribution in [0.5, 0.6) is 5.75 Å². The summed E-state index contributed by atoms with van der Waals surface area (Å²) in [6.07, 6.45) is -0.254. The Morgan fingerprint density at radius 2 is 2.11 bits per heavy atom. The highest BCUT2D eigenvalue weighted by Crippen LogP contribution is 2.51. The number of hydrogen-bond acceptors (Lipinski definition) is 11. The zero-order valence-corrected chi connectivity index (χ0v) is 21.8. The maximum absolute atomic E-state index is 13.9. The monoisotopic (exact) mass is 556 g/mol. The van der Waals surface area contributed by atoms with E-state index in [2.05, 4.69) is 16.0 Å². The minimum atomic E-state index is -4.53. The van der Waals surface area contributed by atoms with Crippen molar-refractivity contribution in [2.75, 3.05) is 18.5 Å². The van der Waals surface area contributed by atoms with E-state index >= 15 is 0 Å². The third-order valence-electron chi connectivity index (χ3n) is 5.08. The number of para-hydroxylation sites is 1. The van der Waals surface area contributed by atoms with Gasteiger partial charge in [-0.05, 0) is 26.0 Å². The number of nitrogen functional groups attached to an aromatic ring is 1. The number of hydrogen-bond donors (Lipinski definition) is 2. The number of rotatable bonds is 10. The molecule has 2 heterocycles. The molecule has 1 unspecified atom stereocenters. The van der Waals surface area contributed by atoms with Crippen molar-refractivity contribution in [1.82, 2.24) is 14.8 Å². The molecule has 0 saturated carbocycles. The molecule has 0 radical (unpaired) electrons. The van der Waals surface area contributed by atoms with Crippen molar-refractivity contribution in [2.24, 2.45) is 5.92 Å². The van der Waals surface area contributed by atoms with Gasteiger partial charge in [-0.25, -0.2) is 9.36 Å². The summed E-state index contributed by atoms with van der Waals surface area (Å²) in [4.78, 5) is 26.1. The van der Waals surface area contributed by atoms with Gasteiger partial charge in [0.25, 0.3) is 0 Å². The van der Waals surface area contributed by atoms with Crippen LogP contribution in [0.3, 0.4) is 0 Å². The van der Waals surface area contributed by atoms with Gasteiger partial charge in [0, 0.05) is 0 Å². The van der Waals surface area contributed by atoms with Crippen LogP contribution < -0.4 is 15.9 Å². The molecule has 3 N–H and O–H groups in total. The highest BCUT2D eigenvalue weighted by atomic mass is 35.5. The Hall–Kier alpha value is -2.94. The van der Waals surface area contributed by atoms with Crippen molar-refractivity contribution in [1.29, 1.82) is 0 Å². The second-order valence-electron chi connectivity index (χ2n) is 8.47. The number of benzene rings is 1. The molecule has 1 aromatic carbocycles. The van der Waals surface area contributed by atoms with Crippen molar-refractivity contribution in [3.8, 4) is 18.1 Å². The van der Waals surface area contributed by atoms with E-state index in [1.165, 1.54) is 19.1 Å². The molecule has 0 aliphatic carbocycles. The zero-order valence-electron chi connectivity index (χ0n) is 22.2. The molecule has 1 fully saturated rings. The first kappa shape index (κ1) is 25.7. The number of aliphatic hydroxyl groups is 1. The van der Waals surface area contributed by atoms with Gasteiger partial charge in [-0.3, -0.25) is 9.32 Å². The van der Waals surface area contributed by atoms with Gasteiger partial charge in [0.05, 0.1) is 33.7 Å². The molecule has 1 aliphatic rings. The van der Waals surface area contributed by atoms with Crippen LogP contribution in [0, 0.1) is 18.3 Å². The molecule has 200 valence electrons. The largest absolute Gasteiger partial charge is 0.463 e.